The molecule has 0 bridgehead atoms. The fourth-order valence-corrected chi connectivity index (χ4v) is 0.704. The molecule has 0 fully saturated rings. The maximum atomic E-state index is 11.9. The van der Waals surface area contributed by atoms with Crippen molar-refractivity contribution in [2.24, 2.45) is 0 Å². The Bertz CT molecular complexity index is 263. The van der Waals surface area contributed by atoms with E-state index >= 15 is 0 Å². The lowest BCUT2D eigenvalue weighted by atomic mass is 10.2. The van der Waals surface area contributed by atoms with Crippen LogP contribution in [0.25, 0.3) is 0 Å². The molecule has 8 heteroatoms. The number of rotatable bonds is 4. The summed E-state index contributed by atoms with van der Waals surface area (Å²) in [5.74, 6) is -0.849. The Morgan fingerprint density at radius 1 is 1.31 bits per heavy atom. The van der Waals surface area contributed by atoms with Gasteiger partial charge >= 0.3 is 6.55 Å². The quantitative estimate of drug-likeness (QED) is 0.651. The largest absolute Gasteiger partial charge is 0.396 e. The first-order valence-electron chi connectivity index (χ1n) is 3.48. The van der Waals surface area contributed by atoms with Gasteiger partial charge in [-0.25, -0.2) is 0 Å². The van der Waals surface area contributed by atoms with Gasteiger partial charge in [-0.15, -0.1) is 10.2 Å². The predicted octanol–water partition coefficient (Wildman–Crippen LogP) is -0.864. The lowest BCUT2D eigenvalue weighted by Crippen LogP contribution is -2.11. The van der Waals surface area contributed by atoms with Gasteiger partial charge < -0.3 is 10.2 Å². The van der Waals surface area contributed by atoms with Crippen molar-refractivity contribution in [2.45, 2.75) is 12.5 Å². The lowest BCUT2D eigenvalue weighted by Gasteiger charge is -2.03. The highest BCUT2D eigenvalue weighted by Gasteiger charge is 2.17. The van der Waals surface area contributed by atoms with Crippen LogP contribution >= 0.6 is 0 Å². The molecular formula is C5H8F2N4O2. The van der Waals surface area contributed by atoms with E-state index in [4.69, 9.17) is 10.2 Å². The van der Waals surface area contributed by atoms with Gasteiger partial charge in [0.05, 0.1) is 19.1 Å². The van der Waals surface area contributed by atoms with Gasteiger partial charge in [0.1, 0.15) is 0 Å². The minimum Gasteiger partial charge on any atom is -0.396 e. The van der Waals surface area contributed by atoms with Crippen molar-refractivity contribution >= 4 is 0 Å². The monoisotopic (exact) mass is 194 g/mol. The van der Waals surface area contributed by atoms with E-state index in [1.165, 1.54) is 0 Å². The van der Waals surface area contributed by atoms with E-state index in [9.17, 15) is 8.78 Å². The standard InChI is InChI=1S/C5H8F2N4O2/c6-5(7)11-9-4(8-10-11)3(1-12)2-13/h3,5,12-13H,1-2H2. The second-order valence-corrected chi connectivity index (χ2v) is 2.31. The van der Waals surface area contributed by atoms with Gasteiger partial charge in [-0.05, 0) is 5.21 Å². The third-order valence-electron chi connectivity index (χ3n) is 1.42. The zero-order valence-electron chi connectivity index (χ0n) is 6.51. The fourth-order valence-electron chi connectivity index (χ4n) is 0.704. The average Bonchev–Trinajstić information content (AvgIpc) is 2.56. The van der Waals surface area contributed by atoms with E-state index in [0.717, 1.165) is 0 Å². The number of aliphatic hydroxyl groups is 2. The van der Waals surface area contributed by atoms with E-state index in [0.29, 0.717) is 0 Å². The first-order chi connectivity index (χ1) is 6.19. The van der Waals surface area contributed by atoms with Crippen molar-refractivity contribution in [3.8, 4) is 0 Å². The highest BCUT2D eigenvalue weighted by atomic mass is 19.3. The minimum absolute atomic E-state index is 0.0923. The molecule has 0 spiro atoms. The Balaban J connectivity index is 2.78. The Labute approximate surface area is 71.8 Å². The molecule has 1 aromatic heterocycles. The summed E-state index contributed by atoms with van der Waals surface area (Å²) < 4.78 is 23.8. The molecule has 74 valence electrons. The first-order valence-corrected chi connectivity index (χ1v) is 3.48. The topological polar surface area (TPSA) is 84.1 Å². The number of hydrogen-bond donors (Lipinski definition) is 2. The van der Waals surface area contributed by atoms with Crippen LogP contribution in [0.4, 0.5) is 8.78 Å². The van der Waals surface area contributed by atoms with Crippen molar-refractivity contribution in [3.63, 3.8) is 0 Å². The van der Waals surface area contributed by atoms with Gasteiger partial charge in [0, 0.05) is 0 Å². The number of tetrazole rings is 1. The number of alkyl halides is 2. The molecular weight excluding hydrogens is 186 g/mol. The smallest absolute Gasteiger partial charge is 0.350 e. The van der Waals surface area contributed by atoms with Crippen LogP contribution in [0.3, 0.4) is 0 Å². The Kier molecular flexibility index (Phi) is 3.20. The second kappa shape index (κ2) is 4.19. The number of hydrogen-bond acceptors (Lipinski definition) is 5. The van der Waals surface area contributed by atoms with E-state index in [-0.39, 0.29) is 10.6 Å². The van der Waals surface area contributed by atoms with Crippen molar-refractivity contribution < 1.29 is 19.0 Å². The highest BCUT2D eigenvalue weighted by Crippen LogP contribution is 2.10. The average molecular weight is 194 g/mol. The molecule has 0 aliphatic heterocycles. The van der Waals surface area contributed by atoms with Crippen molar-refractivity contribution in [3.05, 3.63) is 5.82 Å². The Morgan fingerprint density at radius 2 is 1.92 bits per heavy atom. The van der Waals surface area contributed by atoms with Crippen LogP contribution in [0.15, 0.2) is 0 Å². The van der Waals surface area contributed by atoms with E-state index in [1.807, 2.05) is 0 Å². The maximum absolute atomic E-state index is 11.9. The van der Waals surface area contributed by atoms with Crippen LogP contribution in [0.2, 0.25) is 0 Å². The molecule has 0 aliphatic carbocycles. The second-order valence-electron chi connectivity index (χ2n) is 2.31. The Morgan fingerprint density at radius 3 is 2.31 bits per heavy atom. The summed E-state index contributed by atoms with van der Waals surface area (Å²) in [6.07, 6.45) is 0. The lowest BCUT2D eigenvalue weighted by molar-refractivity contribution is 0.0390. The van der Waals surface area contributed by atoms with Crippen molar-refractivity contribution in [2.75, 3.05) is 13.2 Å². The van der Waals surface area contributed by atoms with Crippen LogP contribution in [0.5, 0.6) is 0 Å². The molecule has 0 aromatic carbocycles. The summed E-state index contributed by atoms with van der Waals surface area (Å²) in [6.45, 7) is -3.68. The summed E-state index contributed by atoms with van der Waals surface area (Å²) in [7, 11) is 0. The zero-order chi connectivity index (χ0) is 9.84. The number of nitrogens with zero attached hydrogens (tertiary/aromatic N) is 4. The molecule has 0 amide bonds. The molecule has 0 aliphatic rings. The third kappa shape index (κ3) is 2.16. The van der Waals surface area contributed by atoms with Gasteiger partial charge in [-0.3, -0.25) is 0 Å². The molecule has 13 heavy (non-hydrogen) atoms. The molecule has 0 atom stereocenters. The first kappa shape index (κ1) is 9.93. The number of halogens is 2. The molecule has 1 heterocycles. The summed E-state index contributed by atoms with van der Waals surface area (Å²) in [5, 5.41) is 26.9. The maximum Gasteiger partial charge on any atom is 0.350 e. The summed E-state index contributed by atoms with van der Waals surface area (Å²) in [4.78, 5) is 0.119. The van der Waals surface area contributed by atoms with Crippen LogP contribution in [-0.4, -0.2) is 43.6 Å². The molecule has 0 radical (unpaired) electrons. The minimum atomic E-state index is -2.86. The van der Waals surface area contributed by atoms with E-state index in [2.05, 4.69) is 15.4 Å². The number of aliphatic hydroxyl groups excluding tert-OH is 2. The molecule has 0 unspecified atom stereocenters. The van der Waals surface area contributed by atoms with Gasteiger partial charge in [0.15, 0.2) is 5.82 Å². The van der Waals surface area contributed by atoms with Gasteiger partial charge in [0.25, 0.3) is 0 Å². The van der Waals surface area contributed by atoms with Gasteiger partial charge in [0.2, 0.25) is 0 Å². The van der Waals surface area contributed by atoms with Crippen LogP contribution in [0, 0.1) is 0 Å². The third-order valence-corrected chi connectivity index (χ3v) is 1.42. The SMILES string of the molecule is OCC(CO)c1nnn(C(F)F)n1. The van der Waals surface area contributed by atoms with E-state index < -0.39 is 25.7 Å². The highest BCUT2D eigenvalue weighted by molar-refractivity contribution is 4.90. The normalized spacial score (nSPS) is 11.5. The summed E-state index contributed by atoms with van der Waals surface area (Å²) in [5.41, 5.74) is 0. The van der Waals surface area contributed by atoms with Crippen molar-refractivity contribution in [1.82, 2.24) is 20.2 Å². The molecule has 0 saturated heterocycles. The van der Waals surface area contributed by atoms with Gasteiger partial charge in [-0.2, -0.15) is 8.78 Å². The molecule has 1 aromatic rings. The number of aromatic nitrogens is 4. The van der Waals surface area contributed by atoms with Crippen LogP contribution < -0.4 is 0 Å². The fraction of sp³-hybridized carbons (Fsp3) is 0.800. The Hall–Kier alpha value is -1.15. The van der Waals surface area contributed by atoms with Crippen LogP contribution in [0.1, 0.15) is 18.3 Å². The molecule has 2 N–H and O–H groups in total. The van der Waals surface area contributed by atoms with Gasteiger partial charge in [-0.1, -0.05) is 4.80 Å². The van der Waals surface area contributed by atoms with Crippen molar-refractivity contribution in [1.29, 1.82) is 0 Å². The summed E-state index contributed by atoms with van der Waals surface area (Å²) in [6, 6.07) is 0. The summed E-state index contributed by atoms with van der Waals surface area (Å²) >= 11 is 0. The molecule has 6 nitrogen and oxygen atoms in total. The van der Waals surface area contributed by atoms with E-state index in [1.54, 1.807) is 0 Å². The zero-order valence-corrected chi connectivity index (χ0v) is 6.51. The molecule has 1 rings (SSSR count). The van der Waals surface area contributed by atoms with Crippen LogP contribution in [-0.2, 0) is 0 Å². The molecule has 0 saturated carbocycles. The predicted molar refractivity (Wildman–Crippen MR) is 36.0 cm³/mol.